The Labute approximate surface area is 100.0 Å². The summed E-state index contributed by atoms with van der Waals surface area (Å²) < 4.78 is 0. The molecule has 7 nitrogen and oxygen atoms in total. The molecule has 0 bridgehead atoms. The summed E-state index contributed by atoms with van der Waals surface area (Å²) in [4.78, 5) is 32.8. The first kappa shape index (κ1) is 15.2. The Balaban J connectivity index is 3.87. The minimum absolute atomic E-state index is 0.00865. The van der Waals surface area contributed by atoms with Crippen molar-refractivity contribution in [2.75, 3.05) is 13.6 Å². The third kappa shape index (κ3) is 7.15. The maximum atomic E-state index is 11.3. The molecular formula is C10H19N3O4. The van der Waals surface area contributed by atoms with Gasteiger partial charge in [-0.25, -0.2) is 4.79 Å². The van der Waals surface area contributed by atoms with Crippen LogP contribution in [-0.4, -0.2) is 42.6 Å². The Hall–Kier alpha value is -1.79. The first-order chi connectivity index (χ1) is 7.86. The Morgan fingerprint density at radius 1 is 1.24 bits per heavy atom. The largest absolute Gasteiger partial charge is 0.481 e. The fourth-order valence-corrected chi connectivity index (χ4v) is 1.17. The van der Waals surface area contributed by atoms with E-state index in [-0.39, 0.29) is 24.8 Å². The third-order valence-corrected chi connectivity index (χ3v) is 2.12. The fourth-order valence-electron chi connectivity index (χ4n) is 1.17. The predicted octanol–water partition coefficient (Wildman–Crippen LogP) is -0.469. The zero-order valence-electron chi connectivity index (χ0n) is 10.2. The molecule has 0 saturated heterocycles. The fraction of sp³-hybridized carbons (Fsp3) is 0.700. The molecular weight excluding hydrogens is 226 g/mol. The normalized spacial score (nSPS) is 13.4. The van der Waals surface area contributed by atoms with Crippen LogP contribution in [0.2, 0.25) is 0 Å². The molecule has 0 aromatic carbocycles. The summed E-state index contributed by atoms with van der Waals surface area (Å²) in [6.07, 6.45) is -0.00865. The molecule has 0 aromatic rings. The number of rotatable bonds is 6. The lowest BCUT2D eigenvalue weighted by Gasteiger charge is -2.15. The molecule has 3 amide bonds. The monoisotopic (exact) mass is 245 g/mol. The van der Waals surface area contributed by atoms with Crippen molar-refractivity contribution in [3.63, 3.8) is 0 Å². The van der Waals surface area contributed by atoms with E-state index in [4.69, 9.17) is 5.11 Å². The van der Waals surface area contributed by atoms with E-state index in [1.54, 1.807) is 13.8 Å². The van der Waals surface area contributed by atoms with Crippen molar-refractivity contribution in [2.45, 2.75) is 26.3 Å². The number of likely N-dealkylation sites (N-methyl/N-ethyl adjacent to an activating group) is 1. The van der Waals surface area contributed by atoms with Crippen LogP contribution in [0.5, 0.6) is 0 Å². The van der Waals surface area contributed by atoms with Gasteiger partial charge in [-0.2, -0.15) is 0 Å². The third-order valence-electron chi connectivity index (χ3n) is 2.12. The summed E-state index contributed by atoms with van der Waals surface area (Å²) in [5.41, 5.74) is 0. The maximum Gasteiger partial charge on any atom is 0.315 e. The summed E-state index contributed by atoms with van der Waals surface area (Å²) in [5.74, 6) is -1.36. The van der Waals surface area contributed by atoms with Crippen LogP contribution in [0, 0.1) is 5.92 Å². The molecule has 0 aromatic heterocycles. The minimum atomic E-state index is -0.904. The van der Waals surface area contributed by atoms with Gasteiger partial charge in [0.2, 0.25) is 5.91 Å². The lowest BCUT2D eigenvalue weighted by atomic mass is 10.1. The molecule has 0 heterocycles. The van der Waals surface area contributed by atoms with Crippen LogP contribution in [0.4, 0.5) is 4.79 Å². The summed E-state index contributed by atoms with van der Waals surface area (Å²) >= 11 is 0. The molecule has 4 N–H and O–H groups in total. The van der Waals surface area contributed by atoms with Gasteiger partial charge in [-0.05, 0) is 12.8 Å². The molecule has 0 saturated carbocycles. The Morgan fingerprint density at radius 2 is 1.82 bits per heavy atom. The average molecular weight is 245 g/mol. The van der Waals surface area contributed by atoms with Gasteiger partial charge < -0.3 is 21.1 Å². The van der Waals surface area contributed by atoms with Crippen molar-refractivity contribution in [1.29, 1.82) is 0 Å². The molecule has 2 unspecified atom stereocenters. The second-order valence-corrected chi connectivity index (χ2v) is 3.89. The first-order valence-electron chi connectivity index (χ1n) is 5.34. The van der Waals surface area contributed by atoms with Gasteiger partial charge in [-0.1, -0.05) is 6.92 Å². The quantitative estimate of drug-likeness (QED) is 0.507. The summed E-state index contributed by atoms with van der Waals surface area (Å²) in [6, 6.07) is -1.12. The van der Waals surface area contributed by atoms with Crippen molar-refractivity contribution in [3.05, 3.63) is 0 Å². The van der Waals surface area contributed by atoms with Crippen molar-refractivity contribution >= 4 is 17.9 Å². The minimum Gasteiger partial charge on any atom is -0.481 e. The number of urea groups is 1. The standard InChI is InChI=1S/C10H19N3O4/c1-6(4-8(14)15)5-12-10(17)13-7(2)9(16)11-3/h6-7H,4-5H2,1-3H3,(H,11,16)(H,14,15)(H2,12,13,17). The topological polar surface area (TPSA) is 108 Å². The smallest absolute Gasteiger partial charge is 0.315 e. The number of carbonyl (C=O) groups is 3. The van der Waals surface area contributed by atoms with Crippen molar-refractivity contribution in [3.8, 4) is 0 Å². The number of amides is 3. The highest BCUT2D eigenvalue weighted by molar-refractivity contribution is 5.86. The number of carboxylic acids is 1. The lowest BCUT2D eigenvalue weighted by molar-refractivity contribution is -0.137. The highest BCUT2D eigenvalue weighted by atomic mass is 16.4. The van der Waals surface area contributed by atoms with Gasteiger partial charge in [0, 0.05) is 20.0 Å². The molecule has 0 aliphatic rings. The molecule has 7 heteroatoms. The second-order valence-electron chi connectivity index (χ2n) is 3.89. The second kappa shape index (κ2) is 7.48. The molecule has 0 rings (SSSR count). The van der Waals surface area contributed by atoms with Crippen LogP contribution in [-0.2, 0) is 9.59 Å². The average Bonchev–Trinajstić information content (AvgIpc) is 2.24. The highest BCUT2D eigenvalue weighted by Gasteiger charge is 2.14. The summed E-state index contributed by atoms with van der Waals surface area (Å²) in [6.45, 7) is 3.52. The van der Waals surface area contributed by atoms with E-state index in [0.29, 0.717) is 0 Å². The zero-order valence-corrected chi connectivity index (χ0v) is 10.2. The van der Waals surface area contributed by atoms with Gasteiger partial charge in [-0.3, -0.25) is 9.59 Å². The first-order valence-corrected chi connectivity index (χ1v) is 5.34. The number of hydrogen-bond donors (Lipinski definition) is 4. The van der Waals surface area contributed by atoms with E-state index < -0.39 is 18.0 Å². The van der Waals surface area contributed by atoms with Gasteiger partial charge in [0.1, 0.15) is 6.04 Å². The van der Waals surface area contributed by atoms with Crippen LogP contribution < -0.4 is 16.0 Å². The van der Waals surface area contributed by atoms with E-state index in [1.165, 1.54) is 7.05 Å². The van der Waals surface area contributed by atoms with Crippen molar-refractivity contribution < 1.29 is 19.5 Å². The van der Waals surface area contributed by atoms with E-state index >= 15 is 0 Å². The van der Waals surface area contributed by atoms with E-state index in [9.17, 15) is 14.4 Å². The zero-order chi connectivity index (χ0) is 13.4. The molecule has 17 heavy (non-hydrogen) atoms. The van der Waals surface area contributed by atoms with Crippen LogP contribution >= 0.6 is 0 Å². The van der Waals surface area contributed by atoms with Gasteiger partial charge >= 0.3 is 12.0 Å². The van der Waals surface area contributed by atoms with Crippen LogP contribution in [0.3, 0.4) is 0 Å². The van der Waals surface area contributed by atoms with Crippen LogP contribution in [0.25, 0.3) is 0 Å². The molecule has 2 atom stereocenters. The number of nitrogens with one attached hydrogen (secondary N) is 3. The summed E-state index contributed by atoms with van der Waals surface area (Å²) in [5, 5.41) is 15.9. The number of carboxylic acid groups (broad SMARTS) is 1. The Bertz CT molecular complexity index is 293. The van der Waals surface area contributed by atoms with Crippen LogP contribution in [0.15, 0.2) is 0 Å². The molecule has 0 radical (unpaired) electrons. The Morgan fingerprint density at radius 3 is 2.29 bits per heavy atom. The van der Waals surface area contributed by atoms with Crippen LogP contribution in [0.1, 0.15) is 20.3 Å². The highest BCUT2D eigenvalue weighted by Crippen LogP contribution is 1.98. The molecule has 0 spiro atoms. The maximum absolute atomic E-state index is 11.3. The summed E-state index contributed by atoms with van der Waals surface area (Å²) in [7, 11) is 1.48. The Kier molecular flexibility index (Phi) is 6.69. The van der Waals surface area contributed by atoms with Crippen molar-refractivity contribution in [2.24, 2.45) is 5.92 Å². The number of aliphatic carboxylic acids is 1. The predicted molar refractivity (Wildman–Crippen MR) is 61.5 cm³/mol. The lowest BCUT2D eigenvalue weighted by Crippen LogP contribution is -2.48. The SMILES string of the molecule is CNC(=O)C(C)NC(=O)NCC(C)CC(=O)O. The van der Waals surface area contributed by atoms with Gasteiger partial charge in [-0.15, -0.1) is 0 Å². The van der Waals surface area contributed by atoms with E-state index in [0.717, 1.165) is 0 Å². The molecule has 0 aliphatic heterocycles. The van der Waals surface area contributed by atoms with Gasteiger partial charge in [0.25, 0.3) is 0 Å². The van der Waals surface area contributed by atoms with E-state index in [2.05, 4.69) is 16.0 Å². The molecule has 98 valence electrons. The molecule has 0 aliphatic carbocycles. The molecule has 0 fully saturated rings. The number of carbonyl (C=O) groups excluding carboxylic acids is 2. The number of hydrogen-bond acceptors (Lipinski definition) is 3. The van der Waals surface area contributed by atoms with Crippen molar-refractivity contribution in [1.82, 2.24) is 16.0 Å². The van der Waals surface area contributed by atoms with Gasteiger partial charge in [0.15, 0.2) is 0 Å². The van der Waals surface area contributed by atoms with Gasteiger partial charge in [0.05, 0.1) is 0 Å². The van der Waals surface area contributed by atoms with E-state index in [1.807, 2.05) is 0 Å².